The largest absolute Gasteiger partial charge is 0.496 e. The second-order valence-electron chi connectivity index (χ2n) is 8.06. The van der Waals surface area contributed by atoms with E-state index in [9.17, 15) is 9.59 Å². The molecule has 1 atom stereocenters. The van der Waals surface area contributed by atoms with Crippen molar-refractivity contribution in [1.29, 1.82) is 0 Å². The van der Waals surface area contributed by atoms with Crippen LogP contribution in [0.3, 0.4) is 0 Å². The molecule has 0 spiro atoms. The third kappa shape index (κ3) is 5.47. The Labute approximate surface area is 189 Å². The molecule has 0 fully saturated rings. The second-order valence-corrected chi connectivity index (χ2v) is 8.06. The molecule has 5 heteroatoms. The van der Waals surface area contributed by atoms with E-state index in [1.165, 1.54) is 7.11 Å². The first-order chi connectivity index (χ1) is 15.5. The molecule has 0 saturated carbocycles. The van der Waals surface area contributed by atoms with E-state index in [0.29, 0.717) is 30.7 Å². The van der Waals surface area contributed by atoms with Crippen molar-refractivity contribution in [2.24, 2.45) is 5.92 Å². The Balaban J connectivity index is 1.88. The van der Waals surface area contributed by atoms with Crippen molar-refractivity contribution in [3.05, 3.63) is 76.9 Å². The fourth-order valence-electron chi connectivity index (χ4n) is 3.87. The van der Waals surface area contributed by atoms with Crippen LogP contribution in [0.5, 0.6) is 5.75 Å². The molecular formula is C27H31NO4. The van der Waals surface area contributed by atoms with E-state index in [0.717, 1.165) is 33.9 Å². The maximum atomic E-state index is 12.3. The predicted molar refractivity (Wildman–Crippen MR) is 127 cm³/mol. The van der Waals surface area contributed by atoms with E-state index in [1.54, 1.807) is 19.2 Å². The summed E-state index contributed by atoms with van der Waals surface area (Å²) in [6.45, 7) is 4.73. The Morgan fingerprint density at radius 2 is 1.81 bits per heavy atom. The van der Waals surface area contributed by atoms with Crippen molar-refractivity contribution in [3.8, 4) is 5.75 Å². The van der Waals surface area contributed by atoms with E-state index in [4.69, 9.17) is 9.47 Å². The Morgan fingerprint density at radius 3 is 2.53 bits per heavy atom. The molecule has 3 rings (SSSR count). The lowest BCUT2D eigenvalue weighted by Gasteiger charge is -2.14. The van der Waals surface area contributed by atoms with Gasteiger partial charge in [0, 0.05) is 18.9 Å². The normalized spacial score (nSPS) is 11.8. The van der Waals surface area contributed by atoms with Crippen molar-refractivity contribution in [2.45, 2.75) is 33.1 Å². The monoisotopic (exact) mass is 433 g/mol. The maximum absolute atomic E-state index is 12.3. The van der Waals surface area contributed by atoms with Crippen molar-refractivity contribution in [3.63, 3.8) is 0 Å². The number of hydrogen-bond donors (Lipinski definition) is 1. The van der Waals surface area contributed by atoms with Crippen molar-refractivity contribution in [2.75, 3.05) is 20.8 Å². The first-order valence-corrected chi connectivity index (χ1v) is 11.0. The highest BCUT2D eigenvalue weighted by molar-refractivity contribution is 5.90. The summed E-state index contributed by atoms with van der Waals surface area (Å²) in [6, 6.07) is 18.0. The molecule has 5 nitrogen and oxygen atoms in total. The highest BCUT2D eigenvalue weighted by atomic mass is 16.5. The van der Waals surface area contributed by atoms with E-state index in [-0.39, 0.29) is 17.8 Å². The fraction of sp³-hybridized carbons (Fsp3) is 0.333. The second kappa shape index (κ2) is 10.8. The summed E-state index contributed by atoms with van der Waals surface area (Å²) >= 11 is 0. The molecule has 0 radical (unpaired) electrons. The highest BCUT2D eigenvalue weighted by Gasteiger charge is 2.15. The molecule has 0 saturated heterocycles. The first kappa shape index (κ1) is 23.3. The molecule has 32 heavy (non-hydrogen) atoms. The molecule has 0 aliphatic heterocycles. The van der Waals surface area contributed by atoms with Crippen LogP contribution in [0.4, 0.5) is 0 Å². The van der Waals surface area contributed by atoms with E-state index in [1.807, 2.05) is 26.0 Å². The van der Waals surface area contributed by atoms with Crippen molar-refractivity contribution in [1.82, 2.24) is 5.32 Å². The smallest absolute Gasteiger partial charge is 0.337 e. The first-order valence-electron chi connectivity index (χ1n) is 11.0. The summed E-state index contributed by atoms with van der Waals surface area (Å²) in [5.41, 5.74) is 3.75. The average molecular weight is 434 g/mol. The van der Waals surface area contributed by atoms with Gasteiger partial charge in [0.1, 0.15) is 5.75 Å². The third-order valence-electron chi connectivity index (χ3n) is 5.66. The number of esters is 1. The van der Waals surface area contributed by atoms with Crippen LogP contribution in [0.15, 0.2) is 54.6 Å². The topological polar surface area (TPSA) is 64.6 Å². The number of rotatable bonds is 9. The summed E-state index contributed by atoms with van der Waals surface area (Å²) in [4.78, 5) is 24.1. The molecular weight excluding hydrogens is 402 g/mol. The predicted octanol–water partition coefficient (Wildman–Crippen LogP) is 4.93. The Hall–Kier alpha value is -3.34. The zero-order chi connectivity index (χ0) is 23.1. The van der Waals surface area contributed by atoms with Gasteiger partial charge in [-0.1, -0.05) is 56.3 Å². The van der Waals surface area contributed by atoms with Gasteiger partial charge in [-0.05, 0) is 52.4 Å². The number of carbonyl (C=O) groups excluding carboxylic acids is 2. The molecule has 3 aromatic carbocycles. The lowest BCUT2D eigenvalue weighted by atomic mass is 9.93. The molecule has 0 aromatic heterocycles. The molecule has 1 unspecified atom stereocenters. The number of amides is 1. The van der Waals surface area contributed by atoms with Gasteiger partial charge in [0.05, 0.1) is 19.8 Å². The summed E-state index contributed by atoms with van der Waals surface area (Å²) in [5.74, 6) is 0.275. The number of methoxy groups -OCH3 is 2. The number of nitrogens with one attached hydrogen (secondary N) is 1. The van der Waals surface area contributed by atoms with Gasteiger partial charge >= 0.3 is 5.97 Å². The van der Waals surface area contributed by atoms with Gasteiger partial charge in [-0.15, -0.1) is 0 Å². The molecule has 0 bridgehead atoms. The van der Waals surface area contributed by atoms with E-state index < -0.39 is 0 Å². The molecule has 1 amide bonds. The summed E-state index contributed by atoms with van der Waals surface area (Å²) in [7, 11) is 2.97. The van der Waals surface area contributed by atoms with Crippen LogP contribution in [-0.4, -0.2) is 32.6 Å². The van der Waals surface area contributed by atoms with Gasteiger partial charge in [0.25, 0.3) is 0 Å². The Morgan fingerprint density at radius 1 is 1.00 bits per heavy atom. The summed E-state index contributed by atoms with van der Waals surface area (Å²) in [5, 5.41) is 5.29. The van der Waals surface area contributed by atoms with Crippen LogP contribution >= 0.6 is 0 Å². The lowest BCUT2D eigenvalue weighted by molar-refractivity contribution is -0.124. The zero-order valence-corrected chi connectivity index (χ0v) is 19.2. The van der Waals surface area contributed by atoms with Gasteiger partial charge in [0.2, 0.25) is 5.91 Å². The standard InChI is InChI=1S/C27H31NO4/c1-5-13-28-26(29)18(2)14-19-9-10-20-7-6-8-21(24(20)15-19)16-22-11-12-23(27(30)32-4)17-25(22)31-3/h6-12,15,17-18H,5,13-14,16H2,1-4H3,(H,28,29). The maximum Gasteiger partial charge on any atom is 0.337 e. The lowest BCUT2D eigenvalue weighted by Crippen LogP contribution is -2.30. The molecule has 3 aromatic rings. The number of carbonyl (C=O) groups is 2. The minimum Gasteiger partial charge on any atom is -0.496 e. The highest BCUT2D eigenvalue weighted by Crippen LogP contribution is 2.28. The molecule has 0 aliphatic rings. The van der Waals surface area contributed by atoms with Gasteiger partial charge in [-0.3, -0.25) is 4.79 Å². The van der Waals surface area contributed by atoms with E-state index in [2.05, 4.69) is 35.6 Å². The quantitative estimate of drug-likeness (QED) is 0.486. The van der Waals surface area contributed by atoms with Crippen molar-refractivity contribution >= 4 is 22.6 Å². The Kier molecular flexibility index (Phi) is 7.87. The fourth-order valence-corrected chi connectivity index (χ4v) is 3.87. The van der Waals surface area contributed by atoms with Crippen LogP contribution in [-0.2, 0) is 22.4 Å². The molecule has 168 valence electrons. The number of ether oxygens (including phenoxy) is 2. The third-order valence-corrected chi connectivity index (χ3v) is 5.66. The Bertz CT molecular complexity index is 1110. The van der Waals surface area contributed by atoms with Gasteiger partial charge in [-0.25, -0.2) is 4.79 Å². The molecule has 1 N–H and O–H groups in total. The van der Waals surface area contributed by atoms with Crippen molar-refractivity contribution < 1.29 is 19.1 Å². The SMILES string of the molecule is CCCNC(=O)C(C)Cc1ccc2cccc(Cc3ccc(C(=O)OC)cc3OC)c2c1. The van der Waals surface area contributed by atoms with Crippen LogP contribution < -0.4 is 10.1 Å². The van der Waals surface area contributed by atoms with Crippen LogP contribution in [0.25, 0.3) is 10.8 Å². The van der Waals surface area contributed by atoms with Crippen LogP contribution in [0.2, 0.25) is 0 Å². The van der Waals surface area contributed by atoms with Gasteiger partial charge in [0.15, 0.2) is 0 Å². The molecule has 0 heterocycles. The minimum atomic E-state index is -0.387. The zero-order valence-electron chi connectivity index (χ0n) is 19.2. The average Bonchev–Trinajstić information content (AvgIpc) is 2.82. The summed E-state index contributed by atoms with van der Waals surface area (Å²) in [6.07, 6.45) is 2.29. The number of fused-ring (bicyclic) bond motifs is 1. The van der Waals surface area contributed by atoms with Crippen LogP contribution in [0, 0.1) is 5.92 Å². The van der Waals surface area contributed by atoms with Gasteiger partial charge < -0.3 is 14.8 Å². The summed E-state index contributed by atoms with van der Waals surface area (Å²) < 4.78 is 10.4. The minimum absolute atomic E-state index is 0.0860. The van der Waals surface area contributed by atoms with Crippen LogP contribution in [0.1, 0.15) is 47.3 Å². The number of hydrogen-bond acceptors (Lipinski definition) is 4. The molecule has 0 aliphatic carbocycles. The number of benzene rings is 3. The van der Waals surface area contributed by atoms with E-state index >= 15 is 0 Å². The van der Waals surface area contributed by atoms with Gasteiger partial charge in [-0.2, -0.15) is 0 Å².